The molecule has 2 rings (SSSR count). The van der Waals surface area contributed by atoms with E-state index >= 15 is 0 Å². The predicted molar refractivity (Wildman–Crippen MR) is 147 cm³/mol. The van der Waals surface area contributed by atoms with Crippen LogP contribution in [-0.4, -0.2) is 10.7 Å². The summed E-state index contributed by atoms with van der Waals surface area (Å²) in [5.74, 6) is 3.00. The van der Waals surface area contributed by atoms with Crippen molar-refractivity contribution in [3.8, 4) is 0 Å². The van der Waals surface area contributed by atoms with Gasteiger partial charge in [-0.05, 0) is 73.3 Å². The van der Waals surface area contributed by atoms with Gasteiger partial charge in [-0.25, -0.2) is 0 Å². The minimum atomic E-state index is 0.895. The van der Waals surface area contributed by atoms with Crippen molar-refractivity contribution in [1.29, 1.82) is 0 Å². The summed E-state index contributed by atoms with van der Waals surface area (Å²) in [4.78, 5) is 3.40. The van der Waals surface area contributed by atoms with Crippen LogP contribution in [0.4, 0.5) is 0 Å². The molecule has 0 saturated heterocycles. The van der Waals surface area contributed by atoms with Crippen LogP contribution in [0.2, 0.25) is 0 Å². The van der Waals surface area contributed by atoms with Crippen molar-refractivity contribution in [2.75, 3.05) is 0 Å². The second kappa shape index (κ2) is 16.0. The van der Waals surface area contributed by atoms with Crippen molar-refractivity contribution in [1.82, 2.24) is 0 Å². The third-order valence-electron chi connectivity index (χ3n) is 6.54. The van der Waals surface area contributed by atoms with Crippen LogP contribution >= 0.6 is 0 Å². The van der Waals surface area contributed by atoms with Crippen LogP contribution in [-0.2, 0) is 6.42 Å². The van der Waals surface area contributed by atoms with Crippen LogP contribution in [0.15, 0.2) is 59.7 Å². The second-order valence-corrected chi connectivity index (χ2v) is 9.48. The summed E-state index contributed by atoms with van der Waals surface area (Å²) in [5.41, 5.74) is 18.3. The van der Waals surface area contributed by atoms with Gasteiger partial charge in [0.2, 0.25) is 0 Å². The van der Waals surface area contributed by atoms with Gasteiger partial charge in [-0.1, -0.05) is 113 Å². The van der Waals surface area contributed by atoms with E-state index in [1.165, 1.54) is 78.3 Å². The molecule has 0 atom stereocenters. The molecule has 0 fully saturated rings. The molecule has 0 aliphatic heterocycles. The van der Waals surface area contributed by atoms with Gasteiger partial charge in [0.05, 0.1) is 5.57 Å². The molecule has 2 heteroatoms. The predicted octanol–water partition coefficient (Wildman–Crippen LogP) is 9.52. The third-order valence-corrected chi connectivity index (χ3v) is 6.54. The molecule has 0 N–H and O–H groups in total. The van der Waals surface area contributed by atoms with Crippen molar-refractivity contribution >= 4 is 11.4 Å². The van der Waals surface area contributed by atoms with Crippen LogP contribution in [0.1, 0.15) is 114 Å². The van der Waals surface area contributed by atoms with Crippen LogP contribution in [0.3, 0.4) is 0 Å². The first kappa shape index (κ1) is 27.6. The van der Waals surface area contributed by atoms with E-state index < -0.39 is 0 Å². The minimum Gasteiger partial charge on any atom is -0.348 e. The van der Waals surface area contributed by atoms with Gasteiger partial charge < -0.3 is 5.53 Å². The topological polar surface area (TPSA) is 36.4 Å². The van der Waals surface area contributed by atoms with Crippen LogP contribution < -0.4 is 0 Å². The lowest BCUT2D eigenvalue weighted by Gasteiger charge is -2.18. The Morgan fingerprint density at radius 2 is 1.44 bits per heavy atom. The lowest BCUT2D eigenvalue weighted by Crippen LogP contribution is -2.02. The fourth-order valence-electron chi connectivity index (χ4n) is 4.54. The van der Waals surface area contributed by atoms with Gasteiger partial charge in [-0.3, -0.25) is 0 Å². The van der Waals surface area contributed by atoms with Crippen molar-refractivity contribution in [2.45, 2.75) is 105 Å². The molecule has 2 aromatic carbocycles. The molecule has 0 aliphatic rings. The standard InChI is InChI=1S/C32H44N2/c1-5-8-11-13-19-31(30(25-34-33)17-12-9-6-2)32(28-22-20-26(4)21-23-28)29-18-14-16-27(24-29)15-10-7-3/h14,16,18,20-24H,5-13,15,17,19H2,1-4H3. The lowest BCUT2D eigenvalue weighted by molar-refractivity contribution is 0.00739. The smallest absolute Gasteiger partial charge is 0.303 e. The zero-order valence-corrected chi connectivity index (χ0v) is 22.0. The maximum atomic E-state index is 9.52. The molecular weight excluding hydrogens is 412 g/mol. The minimum absolute atomic E-state index is 0.895. The van der Waals surface area contributed by atoms with E-state index in [1.54, 1.807) is 0 Å². The van der Waals surface area contributed by atoms with Gasteiger partial charge >= 0.3 is 5.87 Å². The highest BCUT2D eigenvalue weighted by molar-refractivity contribution is 5.87. The van der Waals surface area contributed by atoms with Crippen LogP contribution in [0.5, 0.6) is 0 Å². The summed E-state index contributed by atoms with van der Waals surface area (Å²) in [7, 11) is 0. The molecule has 0 spiro atoms. The van der Waals surface area contributed by atoms with Gasteiger partial charge in [0, 0.05) is 0 Å². The van der Waals surface area contributed by atoms with Gasteiger partial charge in [0.25, 0.3) is 0 Å². The molecule has 0 unspecified atom stereocenters. The van der Waals surface area contributed by atoms with Crippen molar-refractivity contribution in [3.05, 3.63) is 87.5 Å². The van der Waals surface area contributed by atoms with E-state index in [0.717, 1.165) is 37.7 Å². The molecule has 0 heterocycles. The van der Waals surface area contributed by atoms with Crippen molar-refractivity contribution in [3.63, 3.8) is 0 Å². The maximum absolute atomic E-state index is 9.52. The maximum Gasteiger partial charge on any atom is 0.303 e. The van der Waals surface area contributed by atoms with Crippen molar-refractivity contribution < 1.29 is 4.79 Å². The van der Waals surface area contributed by atoms with Gasteiger partial charge in [-0.15, -0.1) is 4.79 Å². The molecule has 0 aromatic heterocycles. The Morgan fingerprint density at radius 3 is 2.12 bits per heavy atom. The first-order valence-electron chi connectivity index (χ1n) is 13.5. The van der Waals surface area contributed by atoms with Gasteiger partial charge in [-0.2, -0.15) is 0 Å². The second-order valence-electron chi connectivity index (χ2n) is 9.48. The molecule has 182 valence electrons. The van der Waals surface area contributed by atoms with Gasteiger partial charge in [0.1, 0.15) is 0 Å². The molecule has 0 amide bonds. The molecule has 34 heavy (non-hydrogen) atoms. The fourth-order valence-corrected chi connectivity index (χ4v) is 4.54. The summed E-state index contributed by atoms with van der Waals surface area (Å²) < 4.78 is 0. The Morgan fingerprint density at radius 1 is 0.765 bits per heavy atom. The van der Waals surface area contributed by atoms with Crippen LogP contribution in [0, 0.1) is 6.92 Å². The highest BCUT2D eigenvalue weighted by Gasteiger charge is 2.18. The molecule has 2 aromatic rings. The Hall–Kier alpha value is -2.66. The molecule has 0 radical (unpaired) electrons. The fraction of sp³-hybridized carbons (Fsp3) is 0.500. The van der Waals surface area contributed by atoms with E-state index in [9.17, 15) is 5.53 Å². The highest BCUT2D eigenvalue weighted by Crippen LogP contribution is 2.35. The SMILES string of the molecule is CCCCCCC(C(=C=[N+]=[N-])CCCCC)=C(c1ccc(C)cc1)c1cccc(CCCC)c1. The summed E-state index contributed by atoms with van der Waals surface area (Å²) in [6, 6.07) is 18.0. The Labute approximate surface area is 208 Å². The lowest BCUT2D eigenvalue weighted by atomic mass is 9.84. The summed E-state index contributed by atoms with van der Waals surface area (Å²) >= 11 is 0. The number of hydrogen-bond acceptors (Lipinski definition) is 0. The first-order valence-corrected chi connectivity index (χ1v) is 13.5. The molecule has 0 aliphatic carbocycles. The number of aryl methyl sites for hydroxylation is 2. The summed E-state index contributed by atoms with van der Waals surface area (Å²) in [6.07, 6.45) is 13.6. The van der Waals surface area contributed by atoms with E-state index in [0.29, 0.717) is 0 Å². The first-order chi connectivity index (χ1) is 16.6. The zero-order chi connectivity index (χ0) is 24.6. The average molecular weight is 457 g/mol. The highest BCUT2D eigenvalue weighted by atomic mass is 14.8. The monoisotopic (exact) mass is 456 g/mol. The van der Waals surface area contributed by atoms with E-state index in [-0.39, 0.29) is 0 Å². The normalized spacial score (nSPS) is 11.5. The average Bonchev–Trinajstić information content (AvgIpc) is 2.85. The van der Waals surface area contributed by atoms with Gasteiger partial charge in [0.15, 0.2) is 0 Å². The largest absolute Gasteiger partial charge is 0.348 e. The third kappa shape index (κ3) is 8.94. The number of benzene rings is 2. The number of hydrogen-bond donors (Lipinski definition) is 0. The zero-order valence-electron chi connectivity index (χ0n) is 22.0. The van der Waals surface area contributed by atoms with Crippen LogP contribution in [0.25, 0.3) is 11.1 Å². The summed E-state index contributed by atoms with van der Waals surface area (Å²) in [5, 5.41) is 0. The van der Waals surface area contributed by atoms with E-state index in [1.807, 2.05) is 0 Å². The molecule has 2 nitrogen and oxygen atoms in total. The Kier molecular flexibility index (Phi) is 13.0. The quantitative estimate of drug-likeness (QED) is 0.0841. The molecular formula is C32H44N2. The Balaban J connectivity index is 2.70. The number of rotatable bonds is 15. The number of unbranched alkanes of at least 4 members (excludes halogenated alkanes) is 6. The van der Waals surface area contributed by atoms with Crippen molar-refractivity contribution in [2.24, 2.45) is 0 Å². The number of nitrogens with zero attached hydrogens (tertiary/aromatic N) is 2. The summed E-state index contributed by atoms with van der Waals surface area (Å²) in [6.45, 7) is 8.87. The van der Waals surface area contributed by atoms with E-state index in [2.05, 4.69) is 86.9 Å². The number of allylic oxidation sites excluding steroid dienone is 2. The Bertz CT molecular complexity index is 984. The molecule has 0 bridgehead atoms. The molecule has 0 saturated carbocycles. The van der Waals surface area contributed by atoms with E-state index in [4.69, 9.17) is 0 Å².